The van der Waals surface area contributed by atoms with Gasteiger partial charge < -0.3 is 10.0 Å². The van der Waals surface area contributed by atoms with Crippen LogP contribution in [0.3, 0.4) is 0 Å². The number of rotatable bonds is 3. The van der Waals surface area contributed by atoms with Crippen molar-refractivity contribution in [1.82, 2.24) is 9.88 Å². The summed E-state index contributed by atoms with van der Waals surface area (Å²) in [6, 6.07) is 0.793. The second-order valence-corrected chi connectivity index (χ2v) is 6.01. The van der Waals surface area contributed by atoms with Gasteiger partial charge in [0.2, 0.25) is 0 Å². The van der Waals surface area contributed by atoms with Gasteiger partial charge in [-0.25, -0.2) is 9.78 Å². The molecule has 1 N–H and O–H groups in total. The van der Waals surface area contributed by atoms with E-state index in [2.05, 4.69) is 14.8 Å². The lowest BCUT2D eigenvalue weighted by atomic mass is 10.3. The molecule has 0 radical (unpaired) electrons. The second-order valence-electron chi connectivity index (χ2n) is 4.68. The fourth-order valence-corrected chi connectivity index (χ4v) is 3.45. The molecule has 1 aromatic rings. The number of anilines is 1. The van der Waals surface area contributed by atoms with Crippen molar-refractivity contribution in [1.29, 1.82) is 0 Å². The van der Waals surface area contributed by atoms with Crippen molar-refractivity contribution in [3.63, 3.8) is 0 Å². The number of aromatic nitrogens is 1. The molecule has 0 spiro atoms. The van der Waals surface area contributed by atoms with E-state index in [0.717, 1.165) is 48.7 Å². The average Bonchev–Trinajstić information content (AvgIpc) is 3.12. The Morgan fingerprint density at radius 2 is 2.00 bits per heavy atom. The summed E-state index contributed by atoms with van der Waals surface area (Å²) in [7, 11) is 0. The molecule has 0 bridgehead atoms. The van der Waals surface area contributed by atoms with Crippen LogP contribution in [-0.2, 0) is 0 Å². The van der Waals surface area contributed by atoms with Crippen LogP contribution in [0.1, 0.15) is 22.5 Å². The predicted molar refractivity (Wildman–Crippen MR) is 70.9 cm³/mol. The molecule has 2 heterocycles. The van der Waals surface area contributed by atoms with Gasteiger partial charge in [-0.1, -0.05) is 22.9 Å². The van der Waals surface area contributed by atoms with Gasteiger partial charge in [0.15, 0.2) is 15.2 Å². The lowest BCUT2D eigenvalue weighted by Crippen LogP contribution is -2.47. The van der Waals surface area contributed by atoms with Crippen LogP contribution in [-0.4, -0.2) is 53.2 Å². The van der Waals surface area contributed by atoms with E-state index in [-0.39, 0.29) is 10.0 Å². The summed E-state index contributed by atoms with van der Waals surface area (Å²) < 4.78 is 0. The van der Waals surface area contributed by atoms with E-state index in [0.29, 0.717) is 0 Å². The van der Waals surface area contributed by atoms with Crippen molar-refractivity contribution in [2.45, 2.75) is 18.9 Å². The highest BCUT2D eigenvalue weighted by atomic mass is 35.5. The topological polar surface area (TPSA) is 56.7 Å². The molecule has 2 fully saturated rings. The van der Waals surface area contributed by atoms with E-state index < -0.39 is 5.97 Å². The third-order valence-corrected chi connectivity index (χ3v) is 4.91. The van der Waals surface area contributed by atoms with E-state index in [1.165, 1.54) is 12.8 Å². The van der Waals surface area contributed by atoms with Gasteiger partial charge in [0, 0.05) is 32.2 Å². The first-order chi connectivity index (χ1) is 8.65. The minimum absolute atomic E-state index is 0.104. The Morgan fingerprint density at radius 1 is 1.33 bits per heavy atom. The first kappa shape index (κ1) is 12.2. The minimum Gasteiger partial charge on any atom is -0.477 e. The molecule has 7 heteroatoms. The van der Waals surface area contributed by atoms with E-state index in [9.17, 15) is 4.79 Å². The first-order valence-electron chi connectivity index (χ1n) is 6.04. The Bertz CT molecular complexity index is 467. The van der Waals surface area contributed by atoms with Crippen LogP contribution in [0.25, 0.3) is 0 Å². The zero-order valence-electron chi connectivity index (χ0n) is 9.80. The lowest BCUT2D eigenvalue weighted by Gasteiger charge is -2.34. The van der Waals surface area contributed by atoms with E-state index in [1.807, 2.05) is 0 Å². The highest BCUT2D eigenvalue weighted by Crippen LogP contribution is 2.32. The molecule has 18 heavy (non-hydrogen) atoms. The number of carboxylic acid groups (broad SMARTS) is 1. The maximum Gasteiger partial charge on any atom is 0.349 e. The Kier molecular flexibility index (Phi) is 3.17. The summed E-state index contributed by atoms with van der Waals surface area (Å²) in [5.74, 6) is -1.000. The molecule has 0 unspecified atom stereocenters. The number of aromatic carboxylic acids is 1. The highest BCUT2D eigenvalue weighted by Gasteiger charge is 2.32. The van der Waals surface area contributed by atoms with Crippen LogP contribution in [0.15, 0.2) is 0 Å². The molecule has 1 saturated carbocycles. The summed E-state index contributed by atoms with van der Waals surface area (Å²) in [6.07, 6.45) is 2.65. The SMILES string of the molecule is O=C(O)c1sc(N2CCN(C3CC3)CC2)nc1Cl. The van der Waals surface area contributed by atoms with Crippen molar-refractivity contribution in [3.05, 3.63) is 10.0 Å². The fourth-order valence-electron chi connectivity index (χ4n) is 2.28. The van der Waals surface area contributed by atoms with Crippen molar-refractivity contribution in [2.75, 3.05) is 31.1 Å². The van der Waals surface area contributed by atoms with Gasteiger partial charge in [-0.15, -0.1) is 0 Å². The standard InChI is InChI=1S/C11H14ClN3O2S/c12-9-8(10(16)17)18-11(13-9)15-5-3-14(4-6-15)7-1-2-7/h7H,1-6H2,(H,16,17). The maximum absolute atomic E-state index is 10.9. The molecule has 1 saturated heterocycles. The van der Waals surface area contributed by atoms with Crippen LogP contribution in [0.2, 0.25) is 5.15 Å². The number of thiazole rings is 1. The number of hydrogen-bond acceptors (Lipinski definition) is 5. The molecule has 0 amide bonds. The van der Waals surface area contributed by atoms with Gasteiger partial charge in [-0.3, -0.25) is 4.90 Å². The van der Waals surface area contributed by atoms with Gasteiger partial charge in [-0.2, -0.15) is 0 Å². The monoisotopic (exact) mass is 287 g/mol. The molecule has 0 atom stereocenters. The number of halogens is 1. The third-order valence-electron chi connectivity index (χ3n) is 3.42. The fraction of sp³-hybridized carbons (Fsp3) is 0.636. The number of hydrogen-bond donors (Lipinski definition) is 1. The predicted octanol–water partition coefficient (Wildman–Crippen LogP) is 1.78. The Morgan fingerprint density at radius 3 is 2.50 bits per heavy atom. The van der Waals surface area contributed by atoms with Crippen LogP contribution >= 0.6 is 22.9 Å². The van der Waals surface area contributed by atoms with Crippen LogP contribution in [0.5, 0.6) is 0 Å². The van der Waals surface area contributed by atoms with Crippen LogP contribution in [0, 0.1) is 0 Å². The van der Waals surface area contributed by atoms with Crippen molar-refractivity contribution in [2.24, 2.45) is 0 Å². The highest BCUT2D eigenvalue weighted by molar-refractivity contribution is 7.18. The van der Waals surface area contributed by atoms with E-state index >= 15 is 0 Å². The Hall–Kier alpha value is -0.850. The van der Waals surface area contributed by atoms with Gasteiger partial charge in [0.25, 0.3) is 0 Å². The Labute approximate surface area is 114 Å². The molecule has 3 rings (SSSR count). The number of piperazine rings is 1. The van der Waals surface area contributed by atoms with Gasteiger partial charge in [0.05, 0.1) is 0 Å². The van der Waals surface area contributed by atoms with Crippen molar-refractivity contribution < 1.29 is 9.90 Å². The van der Waals surface area contributed by atoms with Gasteiger partial charge >= 0.3 is 5.97 Å². The molecule has 2 aliphatic rings. The summed E-state index contributed by atoms with van der Waals surface area (Å²) in [5, 5.41) is 9.79. The molecule has 5 nitrogen and oxygen atoms in total. The average molecular weight is 288 g/mol. The maximum atomic E-state index is 10.9. The number of carbonyl (C=O) groups is 1. The zero-order chi connectivity index (χ0) is 12.7. The largest absolute Gasteiger partial charge is 0.477 e. The lowest BCUT2D eigenvalue weighted by molar-refractivity contribution is 0.0702. The normalized spacial score (nSPS) is 21.3. The summed E-state index contributed by atoms with van der Waals surface area (Å²) in [6.45, 7) is 3.87. The smallest absolute Gasteiger partial charge is 0.349 e. The van der Waals surface area contributed by atoms with Crippen molar-refractivity contribution in [3.8, 4) is 0 Å². The molecule has 0 aromatic carbocycles. The minimum atomic E-state index is -1.000. The summed E-state index contributed by atoms with van der Waals surface area (Å²) >= 11 is 6.99. The van der Waals surface area contributed by atoms with Gasteiger partial charge in [0.1, 0.15) is 0 Å². The molecule has 1 aromatic heterocycles. The van der Waals surface area contributed by atoms with Gasteiger partial charge in [-0.05, 0) is 12.8 Å². The quantitative estimate of drug-likeness (QED) is 0.918. The van der Waals surface area contributed by atoms with Crippen molar-refractivity contribution >= 4 is 34.0 Å². The molecule has 1 aliphatic heterocycles. The number of nitrogens with zero attached hydrogens (tertiary/aromatic N) is 3. The number of carboxylic acids is 1. The molecular weight excluding hydrogens is 274 g/mol. The molecule has 1 aliphatic carbocycles. The van der Waals surface area contributed by atoms with E-state index in [4.69, 9.17) is 16.7 Å². The Balaban J connectivity index is 1.68. The summed E-state index contributed by atoms with van der Waals surface area (Å²) in [4.78, 5) is 19.8. The molecular formula is C11H14ClN3O2S. The second kappa shape index (κ2) is 4.68. The van der Waals surface area contributed by atoms with E-state index in [1.54, 1.807) is 0 Å². The zero-order valence-corrected chi connectivity index (χ0v) is 11.4. The summed E-state index contributed by atoms with van der Waals surface area (Å²) in [5.41, 5.74) is 0. The third kappa shape index (κ3) is 2.32. The molecule has 98 valence electrons. The van der Waals surface area contributed by atoms with Crippen LogP contribution < -0.4 is 4.90 Å². The first-order valence-corrected chi connectivity index (χ1v) is 7.23. The van der Waals surface area contributed by atoms with Crippen LogP contribution in [0.4, 0.5) is 5.13 Å².